The van der Waals surface area contributed by atoms with E-state index in [1.807, 2.05) is 45.0 Å². The number of carbonyl (C=O) groups excluding carboxylic acids is 3. The van der Waals surface area contributed by atoms with E-state index in [9.17, 15) is 24.3 Å². The molecule has 0 saturated heterocycles. The first-order chi connectivity index (χ1) is 21.5. The molecule has 3 aromatic carbocycles. The van der Waals surface area contributed by atoms with Gasteiger partial charge in [-0.05, 0) is 66.3 Å². The van der Waals surface area contributed by atoms with Gasteiger partial charge in [-0.3, -0.25) is 14.4 Å². The van der Waals surface area contributed by atoms with Crippen LogP contribution in [0.4, 0.5) is 16.2 Å². The number of carboxylic acid groups (broad SMARTS) is 1. The highest BCUT2D eigenvalue weighted by molar-refractivity contribution is 6.00. The van der Waals surface area contributed by atoms with E-state index in [1.54, 1.807) is 42.5 Å². The fraction of sp³-hybridized carbons (Fsp3) is 0.353. The van der Waals surface area contributed by atoms with Crippen molar-refractivity contribution in [2.24, 2.45) is 11.8 Å². The smallest absolute Gasteiger partial charge is 0.323 e. The molecule has 2 atom stereocenters. The van der Waals surface area contributed by atoms with Crippen LogP contribution in [0.5, 0.6) is 11.5 Å². The number of urea groups is 1. The highest BCUT2D eigenvalue weighted by atomic mass is 16.5. The fourth-order valence-electron chi connectivity index (χ4n) is 4.84. The molecule has 0 spiro atoms. The minimum Gasteiger partial charge on any atom is -0.493 e. The molecule has 0 aliphatic rings. The molecule has 4 amide bonds. The number of methoxy groups -OCH3 is 2. The summed E-state index contributed by atoms with van der Waals surface area (Å²) in [5, 5.41) is 20.8. The van der Waals surface area contributed by atoms with Crippen LogP contribution in [0.3, 0.4) is 0 Å². The van der Waals surface area contributed by atoms with E-state index in [-0.39, 0.29) is 37.2 Å². The average Bonchev–Trinajstić information content (AvgIpc) is 3.00. The molecule has 5 N–H and O–H groups in total. The molecule has 3 aromatic rings. The monoisotopic (exact) mass is 618 g/mol. The summed E-state index contributed by atoms with van der Waals surface area (Å²) in [7, 11) is 2.97. The van der Waals surface area contributed by atoms with Crippen molar-refractivity contribution in [2.75, 3.05) is 24.9 Å². The standard InChI is InChI=1S/C34H42N4O7/c1-21(2)16-25(33(42)37-28(19-32(40)41)24-12-15-29(44-4)30(17-24)45-5)18-31(39)35-20-23-10-13-26(14-11-23)36-34(43)38-27-9-7-6-8-22(27)3/h6-15,17,21,25,28H,16,18-20H2,1-5H3,(H,35,39)(H,37,42)(H,40,41)(H2,36,38,43). The van der Waals surface area contributed by atoms with Crippen LogP contribution in [0.25, 0.3) is 0 Å². The Kier molecular flexibility index (Phi) is 12.8. The topological polar surface area (TPSA) is 155 Å². The number of nitrogens with one attached hydrogen (secondary N) is 4. The summed E-state index contributed by atoms with van der Waals surface area (Å²) >= 11 is 0. The van der Waals surface area contributed by atoms with Crippen molar-refractivity contribution in [2.45, 2.75) is 52.6 Å². The maximum atomic E-state index is 13.4. The van der Waals surface area contributed by atoms with Gasteiger partial charge in [-0.15, -0.1) is 0 Å². The highest BCUT2D eigenvalue weighted by Crippen LogP contribution is 2.31. The Hall–Kier alpha value is -5.06. The van der Waals surface area contributed by atoms with Crippen LogP contribution in [-0.2, 0) is 20.9 Å². The van der Waals surface area contributed by atoms with Gasteiger partial charge in [0.2, 0.25) is 11.8 Å². The number of rotatable bonds is 15. The minimum absolute atomic E-state index is 0.0611. The van der Waals surface area contributed by atoms with Crippen molar-refractivity contribution in [3.8, 4) is 11.5 Å². The van der Waals surface area contributed by atoms with Crippen LogP contribution in [0.1, 0.15) is 55.8 Å². The molecule has 0 heterocycles. The summed E-state index contributed by atoms with van der Waals surface area (Å²) in [5.74, 6) is -1.45. The number of carboxylic acids is 1. The van der Waals surface area contributed by atoms with Crippen molar-refractivity contribution in [1.82, 2.24) is 10.6 Å². The second kappa shape index (κ2) is 16.7. The number of amides is 4. The van der Waals surface area contributed by atoms with E-state index in [0.717, 1.165) is 16.8 Å². The Balaban J connectivity index is 1.59. The van der Waals surface area contributed by atoms with Crippen molar-refractivity contribution in [3.63, 3.8) is 0 Å². The lowest BCUT2D eigenvalue weighted by atomic mass is 9.92. The van der Waals surface area contributed by atoms with E-state index in [1.165, 1.54) is 14.2 Å². The first-order valence-corrected chi connectivity index (χ1v) is 14.7. The van der Waals surface area contributed by atoms with Gasteiger partial charge in [-0.2, -0.15) is 0 Å². The molecule has 0 fully saturated rings. The van der Waals surface area contributed by atoms with E-state index >= 15 is 0 Å². The lowest BCUT2D eigenvalue weighted by Gasteiger charge is -2.24. The lowest BCUT2D eigenvalue weighted by Crippen LogP contribution is -2.38. The predicted octanol–water partition coefficient (Wildman–Crippen LogP) is 5.66. The van der Waals surface area contributed by atoms with Gasteiger partial charge >= 0.3 is 12.0 Å². The van der Waals surface area contributed by atoms with Gasteiger partial charge in [0.15, 0.2) is 11.5 Å². The van der Waals surface area contributed by atoms with E-state index in [4.69, 9.17) is 9.47 Å². The van der Waals surface area contributed by atoms with E-state index in [0.29, 0.717) is 29.2 Å². The molecule has 0 radical (unpaired) electrons. The molecule has 3 rings (SSSR count). The van der Waals surface area contributed by atoms with Gasteiger partial charge in [0, 0.05) is 30.3 Å². The summed E-state index contributed by atoms with van der Waals surface area (Å²) in [6.45, 7) is 6.06. The zero-order chi connectivity index (χ0) is 32.9. The van der Waals surface area contributed by atoms with Crippen molar-refractivity contribution >= 4 is 35.2 Å². The maximum Gasteiger partial charge on any atom is 0.323 e. The van der Waals surface area contributed by atoms with E-state index < -0.39 is 23.8 Å². The van der Waals surface area contributed by atoms with Gasteiger partial charge in [-0.1, -0.05) is 50.2 Å². The molecule has 45 heavy (non-hydrogen) atoms. The average molecular weight is 619 g/mol. The third-order valence-corrected chi connectivity index (χ3v) is 7.16. The van der Waals surface area contributed by atoms with Crippen LogP contribution in [0.15, 0.2) is 66.7 Å². The Morgan fingerprint density at radius 1 is 0.844 bits per heavy atom. The van der Waals surface area contributed by atoms with Crippen LogP contribution in [0, 0.1) is 18.8 Å². The molecule has 0 aliphatic heterocycles. The van der Waals surface area contributed by atoms with E-state index in [2.05, 4.69) is 21.3 Å². The summed E-state index contributed by atoms with van der Waals surface area (Å²) < 4.78 is 10.6. The summed E-state index contributed by atoms with van der Waals surface area (Å²) in [6.07, 6.45) is 0.0323. The zero-order valence-electron chi connectivity index (χ0n) is 26.3. The summed E-state index contributed by atoms with van der Waals surface area (Å²) in [5.41, 5.74) is 3.62. The minimum atomic E-state index is -1.08. The number of aliphatic carboxylic acids is 1. The third-order valence-electron chi connectivity index (χ3n) is 7.16. The SMILES string of the molecule is COc1ccc(C(CC(=O)O)NC(=O)C(CC(=O)NCc2ccc(NC(=O)Nc3ccccc3C)cc2)CC(C)C)cc1OC. The Morgan fingerprint density at radius 2 is 1.53 bits per heavy atom. The second-order valence-electron chi connectivity index (χ2n) is 11.2. The van der Waals surface area contributed by atoms with Crippen molar-refractivity contribution < 1.29 is 33.8 Å². The number of para-hydroxylation sites is 1. The molecular weight excluding hydrogens is 576 g/mol. The Morgan fingerprint density at radius 3 is 2.16 bits per heavy atom. The normalized spacial score (nSPS) is 12.0. The quantitative estimate of drug-likeness (QED) is 0.147. The van der Waals surface area contributed by atoms with Gasteiger partial charge in [0.05, 0.1) is 26.7 Å². The molecule has 11 nitrogen and oxygen atoms in total. The van der Waals surface area contributed by atoms with Crippen LogP contribution >= 0.6 is 0 Å². The number of ether oxygens (including phenoxy) is 2. The second-order valence-corrected chi connectivity index (χ2v) is 11.2. The van der Waals surface area contributed by atoms with Crippen LogP contribution < -0.4 is 30.7 Å². The number of benzene rings is 3. The molecule has 0 bridgehead atoms. The molecule has 11 heteroatoms. The van der Waals surface area contributed by atoms with Gasteiger partial charge in [0.25, 0.3) is 0 Å². The molecular formula is C34H42N4O7. The number of carbonyl (C=O) groups is 4. The van der Waals surface area contributed by atoms with Crippen LogP contribution in [0.2, 0.25) is 0 Å². The maximum absolute atomic E-state index is 13.4. The first-order valence-electron chi connectivity index (χ1n) is 14.7. The molecule has 0 aromatic heterocycles. The van der Waals surface area contributed by atoms with Gasteiger partial charge < -0.3 is 35.8 Å². The zero-order valence-corrected chi connectivity index (χ0v) is 26.3. The highest BCUT2D eigenvalue weighted by Gasteiger charge is 2.27. The number of hydrogen-bond donors (Lipinski definition) is 5. The summed E-state index contributed by atoms with van der Waals surface area (Å²) in [4.78, 5) is 50.4. The molecule has 2 unspecified atom stereocenters. The van der Waals surface area contributed by atoms with Crippen molar-refractivity contribution in [3.05, 3.63) is 83.4 Å². The van der Waals surface area contributed by atoms with Gasteiger partial charge in [-0.25, -0.2) is 4.79 Å². The summed E-state index contributed by atoms with van der Waals surface area (Å²) in [6, 6.07) is 18.3. The fourth-order valence-corrected chi connectivity index (χ4v) is 4.84. The molecule has 240 valence electrons. The Bertz CT molecular complexity index is 1470. The largest absolute Gasteiger partial charge is 0.493 e. The predicted molar refractivity (Wildman–Crippen MR) is 172 cm³/mol. The first kappa shape index (κ1) is 34.4. The number of hydrogen-bond acceptors (Lipinski definition) is 6. The van der Waals surface area contributed by atoms with Gasteiger partial charge in [0.1, 0.15) is 0 Å². The van der Waals surface area contributed by atoms with Crippen molar-refractivity contribution in [1.29, 1.82) is 0 Å². The third kappa shape index (κ3) is 10.9. The molecule has 0 aliphatic carbocycles. The number of anilines is 2. The molecule has 0 saturated carbocycles. The van der Waals surface area contributed by atoms with Crippen LogP contribution in [-0.4, -0.2) is 43.1 Å². The number of aryl methyl sites for hydroxylation is 1. The Labute approximate surface area is 263 Å². The lowest BCUT2D eigenvalue weighted by molar-refractivity contribution is -0.138.